The van der Waals surface area contributed by atoms with E-state index in [-0.39, 0.29) is 5.91 Å². The standard InChI is InChI=1S/C12H19N3O/c1-2-5-13-9-12(16)15-8-7-14-6-3-4-11(14)10-15/h1,11,13H,3-10H2. The van der Waals surface area contributed by atoms with E-state index in [4.69, 9.17) is 6.42 Å². The quantitative estimate of drug-likeness (QED) is 0.516. The van der Waals surface area contributed by atoms with E-state index in [0.717, 1.165) is 19.6 Å². The van der Waals surface area contributed by atoms with Crippen LogP contribution in [-0.4, -0.2) is 61.0 Å². The molecule has 1 amide bonds. The zero-order valence-electron chi connectivity index (χ0n) is 9.61. The molecule has 88 valence electrons. The molecule has 1 N–H and O–H groups in total. The Kier molecular flexibility index (Phi) is 3.81. The van der Waals surface area contributed by atoms with E-state index in [2.05, 4.69) is 16.1 Å². The van der Waals surface area contributed by atoms with Crippen molar-refractivity contribution in [1.82, 2.24) is 15.1 Å². The van der Waals surface area contributed by atoms with Gasteiger partial charge in [-0.2, -0.15) is 0 Å². The number of hydrogen-bond donors (Lipinski definition) is 1. The molecule has 16 heavy (non-hydrogen) atoms. The number of amides is 1. The predicted molar refractivity (Wildman–Crippen MR) is 62.9 cm³/mol. The average Bonchev–Trinajstić information content (AvgIpc) is 2.76. The van der Waals surface area contributed by atoms with Crippen LogP contribution in [0.3, 0.4) is 0 Å². The number of piperazine rings is 1. The number of hydrogen-bond acceptors (Lipinski definition) is 3. The second-order valence-corrected chi connectivity index (χ2v) is 4.48. The molecule has 2 saturated heterocycles. The second-order valence-electron chi connectivity index (χ2n) is 4.48. The molecular weight excluding hydrogens is 202 g/mol. The van der Waals surface area contributed by atoms with E-state index in [1.54, 1.807) is 0 Å². The van der Waals surface area contributed by atoms with Crippen LogP contribution in [0.5, 0.6) is 0 Å². The molecule has 2 fully saturated rings. The maximum absolute atomic E-state index is 11.8. The van der Waals surface area contributed by atoms with Gasteiger partial charge in [0, 0.05) is 25.7 Å². The molecule has 2 rings (SSSR count). The van der Waals surface area contributed by atoms with Crippen LogP contribution in [0.2, 0.25) is 0 Å². The smallest absolute Gasteiger partial charge is 0.236 e. The van der Waals surface area contributed by atoms with Crippen molar-refractivity contribution in [2.45, 2.75) is 18.9 Å². The van der Waals surface area contributed by atoms with E-state index in [0.29, 0.717) is 19.1 Å². The Labute approximate surface area is 97.0 Å². The normalized spacial score (nSPS) is 25.2. The summed E-state index contributed by atoms with van der Waals surface area (Å²) in [4.78, 5) is 16.3. The largest absolute Gasteiger partial charge is 0.339 e. The van der Waals surface area contributed by atoms with Crippen LogP contribution >= 0.6 is 0 Å². The maximum atomic E-state index is 11.8. The molecule has 0 saturated carbocycles. The summed E-state index contributed by atoms with van der Waals surface area (Å²) in [6.45, 7) is 4.85. The van der Waals surface area contributed by atoms with Crippen molar-refractivity contribution in [3.8, 4) is 12.3 Å². The van der Waals surface area contributed by atoms with Crippen molar-refractivity contribution >= 4 is 5.91 Å². The van der Waals surface area contributed by atoms with Gasteiger partial charge in [0.05, 0.1) is 13.1 Å². The maximum Gasteiger partial charge on any atom is 0.236 e. The molecule has 2 heterocycles. The highest BCUT2D eigenvalue weighted by Gasteiger charge is 2.31. The van der Waals surface area contributed by atoms with Gasteiger partial charge in [-0.3, -0.25) is 15.0 Å². The minimum atomic E-state index is 0.182. The minimum Gasteiger partial charge on any atom is -0.339 e. The zero-order valence-corrected chi connectivity index (χ0v) is 9.61. The van der Waals surface area contributed by atoms with Gasteiger partial charge in [0.15, 0.2) is 0 Å². The molecule has 2 aliphatic heterocycles. The molecule has 4 heteroatoms. The van der Waals surface area contributed by atoms with Crippen molar-refractivity contribution in [2.24, 2.45) is 0 Å². The molecule has 1 atom stereocenters. The summed E-state index contributed by atoms with van der Waals surface area (Å²) in [6, 6.07) is 0.602. The van der Waals surface area contributed by atoms with E-state index in [1.807, 2.05) is 4.90 Å². The van der Waals surface area contributed by atoms with Gasteiger partial charge >= 0.3 is 0 Å². The van der Waals surface area contributed by atoms with Crippen LogP contribution in [0.25, 0.3) is 0 Å². The topological polar surface area (TPSA) is 35.6 Å². The van der Waals surface area contributed by atoms with Crippen LogP contribution in [0.1, 0.15) is 12.8 Å². The first-order chi connectivity index (χ1) is 7.81. The lowest BCUT2D eigenvalue weighted by Gasteiger charge is -2.37. The Morgan fingerprint density at radius 1 is 1.44 bits per heavy atom. The molecule has 2 aliphatic rings. The van der Waals surface area contributed by atoms with Gasteiger partial charge in [-0.05, 0) is 19.4 Å². The van der Waals surface area contributed by atoms with E-state index >= 15 is 0 Å². The summed E-state index contributed by atoms with van der Waals surface area (Å²) in [5.41, 5.74) is 0. The number of nitrogens with one attached hydrogen (secondary N) is 1. The van der Waals surface area contributed by atoms with E-state index in [9.17, 15) is 4.79 Å². The van der Waals surface area contributed by atoms with Crippen LogP contribution in [0.4, 0.5) is 0 Å². The lowest BCUT2D eigenvalue weighted by Crippen LogP contribution is -2.53. The van der Waals surface area contributed by atoms with Gasteiger partial charge in [0.25, 0.3) is 0 Å². The third-order valence-corrected chi connectivity index (χ3v) is 3.44. The lowest BCUT2D eigenvalue weighted by atomic mass is 10.1. The fourth-order valence-corrected chi connectivity index (χ4v) is 2.57. The first kappa shape index (κ1) is 11.4. The zero-order chi connectivity index (χ0) is 11.4. The van der Waals surface area contributed by atoms with Crippen LogP contribution < -0.4 is 5.32 Å². The van der Waals surface area contributed by atoms with Crippen molar-refractivity contribution in [3.05, 3.63) is 0 Å². The number of fused-ring (bicyclic) bond motifs is 1. The highest BCUT2D eigenvalue weighted by atomic mass is 16.2. The Morgan fingerprint density at radius 3 is 3.12 bits per heavy atom. The Balaban J connectivity index is 1.77. The van der Waals surface area contributed by atoms with Gasteiger partial charge in [-0.15, -0.1) is 6.42 Å². The van der Waals surface area contributed by atoms with Crippen molar-refractivity contribution in [2.75, 3.05) is 39.3 Å². The second kappa shape index (κ2) is 5.33. The summed E-state index contributed by atoms with van der Waals surface area (Å²) < 4.78 is 0. The number of nitrogens with zero attached hydrogens (tertiary/aromatic N) is 2. The summed E-state index contributed by atoms with van der Waals surface area (Å²) in [5.74, 6) is 2.66. The van der Waals surface area contributed by atoms with Crippen molar-refractivity contribution in [1.29, 1.82) is 0 Å². The first-order valence-corrected chi connectivity index (χ1v) is 5.97. The van der Waals surface area contributed by atoms with Crippen molar-refractivity contribution < 1.29 is 4.79 Å². The monoisotopic (exact) mass is 221 g/mol. The first-order valence-electron chi connectivity index (χ1n) is 5.97. The van der Waals surface area contributed by atoms with Gasteiger partial charge < -0.3 is 4.90 Å². The molecule has 0 aromatic heterocycles. The predicted octanol–water partition coefficient (Wildman–Crippen LogP) is -0.484. The molecular formula is C12H19N3O. The molecule has 0 bridgehead atoms. The van der Waals surface area contributed by atoms with Gasteiger partial charge in [-0.25, -0.2) is 0 Å². The summed E-state index contributed by atoms with van der Waals surface area (Å²) in [6.07, 6.45) is 7.64. The van der Waals surface area contributed by atoms with Crippen LogP contribution in [-0.2, 0) is 4.79 Å². The van der Waals surface area contributed by atoms with Gasteiger partial charge in [0.2, 0.25) is 5.91 Å². The molecule has 0 spiro atoms. The van der Waals surface area contributed by atoms with Crippen LogP contribution in [0.15, 0.2) is 0 Å². The summed E-state index contributed by atoms with van der Waals surface area (Å²) in [7, 11) is 0. The van der Waals surface area contributed by atoms with Gasteiger partial charge in [-0.1, -0.05) is 5.92 Å². The molecule has 4 nitrogen and oxygen atoms in total. The molecule has 0 aliphatic carbocycles. The molecule has 0 aromatic carbocycles. The third-order valence-electron chi connectivity index (χ3n) is 3.44. The van der Waals surface area contributed by atoms with Crippen LogP contribution in [0, 0.1) is 12.3 Å². The highest BCUT2D eigenvalue weighted by molar-refractivity contribution is 5.78. The summed E-state index contributed by atoms with van der Waals surface area (Å²) >= 11 is 0. The number of carbonyl (C=O) groups excluding carboxylic acids is 1. The number of rotatable bonds is 3. The molecule has 0 aromatic rings. The number of terminal acetylenes is 1. The Hall–Kier alpha value is -1.05. The highest BCUT2D eigenvalue weighted by Crippen LogP contribution is 2.21. The fraction of sp³-hybridized carbons (Fsp3) is 0.750. The fourth-order valence-electron chi connectivity index (χ4n) is 2.57. The molecule has 1 unspecified atom stereocenters. The minimum absolute atomic E-state index is 0.182. The number of carbonyl (C=O) groups is 1. The van der Waals surface area contributed by atoms with Crippen molar-refractivity contribution in [3.63, 3.8) is 0 Å². The average molecular weight is 221 g/mol. The molecule has 0 radical (unpaired) electrons. The summed E-state index contributed by atoms with van der Waals surface area (Å²) in [5, 5.41) is 2.95. The van der Waals surface area contributed by atoms with E-state index < -0.39 is 0 Å². The van der Waals surface area contributed by atoms with E-state index in [1.165, 1.54) is 19.4 Å². The third kappa shape index (κ3) is 2.55. The Bertz CT molecular complexity index is 297. The Morgan fingerprint density at radius 2 is 2.31 bits per heavy atom. The van der Waals surface area contributed by atoms with Gasteiger partial charge in [0.1, 0.15) is 0 Å². The SMILES string of the molecule is C#CCNCC(=O)N1CCN2CCCC2C1. The lowest BCUT2D eigenvalue weighted by molar-refractivity contribution is -0.132.